The minimum Gasteiger partial charge on any atom is -0.478 e. The predicted molar refractivity (Wildman–Crippen MR) is 152 cm³/mol. The number of imidazole rings is 1. The number of hydrogen-bond acceptors (Lipinski definition) is 4. The third-order valence-electron chi connectivity index (χ3n) is 6.32. The van der Waals surface area contributed by atoms with E-state index in [2.05, 4.69) is 15.3 Å². The lowest BCUT2D eigenvalue weighted by Gasteiger charge is -2.19. The largest absolute Gasteiger partial charge is 0.478 e. The summed E-state index contributed by atoms with van der Waals surface area (Å²) in [6.07, 6.45) is 0. The predicted octanol–water partition coefficient (Wildman–Crippen LogP) is 7.02. The summed E-state index contributed by atoms with van der Waals surface area (Å²) in [5.41, 5.74) is 4.08. The van der Waals surface area contributed by atoms with Crippen molar-refractivity contribution in [2.75, 3.05) is 13.7 Å². The minimum absolute atomic E-state index is 0.0478. The van der Waals surface area contributed by atoms with Crippen LogP contribution in [0.2, 0.25) is 10.0 Å². The van der Waals surface area contributed by atoms with Crippen LogP contribution in [0.15, 0.2) is 84.9 Å². The van der Waals surface area contributed by atoms with Gasteiger partial charge in [-0.25, -0.2) is 9.78 Å². The Labute approximate surface area is 234 Å². The number of aromatic carboxylic acids is 1. The number of ether oxygens (including phenoxy) is 1. The summed E-state index contributed by atoms with van der Waals surface area (Å²) in [6.45, 7) is 0.258. The van der Waals surface area contributed by atoms with Gasteiger partial charge in [-0.3, -0.25) is 4.79 Å². The fourth-order valence-electron chi connectivity index (χ4n) is 4.47. The summed E-state index contributed by atoms with van der Waals surface area (Å²) in [6, 6.07) is 24.1. The second-order valence-corrected chi connectivity index (χ2v) is 9.77. The van der Waals surface area contributed by atoms with E-state index in [1.54, 1.807) is 55.6 Å². The number of hydrogen-bond donors (Lipinski definition) is 3. The molecule has 1 heterocycles. The molecule has 1 aromatic heterocycles. The molecule has 0 bridgehead atoms. The standard InChI is InChI=1S/C30H23Cl2N3O4/c1-39-16-27(17-5-3-2-4-6-17)35-29(36)18-7-10-21(24(13-18)30(37)38)23-14-19(31)8-11-22(23)28-33-25-12-9-20(32)15-26(25)34-28/h2-15,27H,16H2,1H3,(H,33,34)(H,35,36)(H,37,38). The molecule has 0 aliphatic carbocycles. The number of carboxylic acid groups (broad SMARTS) is 1. The summed E-state index contributed by atoms with van der Waals surface area (Å²) in [5, 5.41) is 14.1. The molecule has 7 nitrogen and oxygen atoms in total. The van der Waals surface area contributed by atoms with E-state index in [-0.39, 0.29) is 17.7 Å². The maximum Gasteiger partial charge on any atom is 0.336 e. The topological polar surface area (TPSA) is 104 Å². The highest BCUT2D eigenvalue weighted by atomic mass is 35.5. The molecular weight excluding hydrogens is 537 g/mol. The zero-order valence-electron chi connectivity index (χ0n) is 20.7. The number of nitrogens with zero attached hydrogens (tertiary/aromatic N) is 1. The third kappa shape index (κ3) is 5.66. The highest BCUT2D eigenvalue weighted by molar-refractivity contribution is 6.31. The second-order valence-electron chi connectivity index (χ2n) is 8.89. The Hall–Kier alpha value is -4.17. The van der Waals surface area contributed by atoms with Gasteiger partial charge in [0.25, 0.3) is 5.91 Å². The smallest absolute Gasteiger partial charge is 0.336 e. The molecular formula is C30H23Cl2N3O4. The zero-order valence-corrected chi connectivity index (χ0v) is 22.3. The van der Waals surface area contributed by atoms with Crippen LogP contribution in [0.1, 0.15) is 32.3 Å². The van der Waals surface area contributed by atoms with Crippen LogP contribution in [-0.2, 0) is 4.74 Å². The maximum absolute atomic E-state index is 13.2. The van der Waals surface area contributed by atoms with Crippen LogP contribution < -0.4 is 5.32 Å². The Balaban J connectivity index is 1.54. The van der Waals surface area contributed by atoms with Crippen molar-refractivity contribution < 1.29 is 19.4 Å². The number of nitrogens with one attached hydrogen (secondary N) is 2. The van der Waals surface area contributed by atoms with Gasteiger partial charge in [0, 0.05) is 28.3 Å². The van der Waals surface area contributed by atoms with Gasteiger partial charge >= 0.3 is 5.97 Å². The minimum atomic E-state index is -1.18. The molecule has 0 aliphatic heterocycles. The molecule has 3 N–H and O–H groups in total. The summed E-state index contributed by atoms with van der Waals surface area (Å²) < 4.78 is 5.29. The quantitative estimate of drug-likeness (QED) is 0.189. The Morgan fingerprint density at radius 2 is 1.64 bits per heavy atom. The molecule has 1 amide bonds. The average Bonchev–Trinajstić information content (AvgIpc) is 3.35. The maximum atomic E-state index is 13.2. The molecule has 39 heavy (non-hydrogen) atoms. The number of halogens is 2. The number of carbonyl (C=O) groups excluding carboxylic acids is 1. The first-order chi connectivity index (χ1) is 18.8. The van der Waals surface area contributed by atoms with Crippen molar-refractivity contribution in [1.82, 2.24) is 15.3 Å². The molecule has 0 aliphatic rings. The molecule has 0 radical (unpaired) electrons. The fraction of sp³-hybridized carbons (Fsp3) is 0.100. The first kappa shape index (κ1) is 26.4. The number of methoxy groups -OCH3 is 1. The number of aromatic nitrogens is 2. The summed E-state index contributed by atoms with van der Waals surface area (Å²) in [5.74, 6) is -1.07. The first-order valence-corrected chi connectivity index (χ1v) is 12.8. The molecule has 5 rings (SSSR count). The van der Waals surface area contributed by atoms with Gasteiger partial charge in [-0.15, -0.1) is 0 Å². The van der Waals surface area contributed by atoms with Gasteiger partial charge in [-0.2, -0.15) is 0 Å². The van der Waals surface area contributed by atoms with Gasteiger partial charge in [0.15, 0.2) is 0 Å². The lowest BCUT2D eigenvalue weighted by molar-refractivity contribution is 0.0697. The molecule has 4 aromatic carbocycles. The molecule has 0 fully saturated rings. The Morgan fingerprint density at radius 1 is 0.923 bits per heavy atom. The molecule has 0 saturated carbocycles. The van der Waals surface area contributed by atoms with Crippen molar-refractivity contribution in [3.05, 3.63) is 112 Å². The van der Waals surface area contributed by atoms with Crippen LogP contribution in [0.4, 0.5) is 0 Å². The number of H-pyrrole nitrogens is 1. The van der Waals surface area contributed by atoms with Crippen LogP contribution in [0.5, 0.6) is 0 Å². The van der Waals surface area contributed by atoms with Gasteiger partial charge in [0.2, 0.25) is 0 Å². The number of aromatic amines is 1. The third-order valence-corrected chi connectivity index (χ3v) is 6.79. The Bertz CT molecular complexity index is 1690. The monoisotopic (exact) mass is 559 g/mol. The molecule has 5 aromatic rings. The van der Waals surface area contributed by atoms with Crippen molar-refractivity contribution in [3.8, 4) is 22.5 Å². The number of benzene rings is 4. The highest BCUT2D eigenvalue weighted by Crippen LogP contribution is 2.36. The van der Waals surface area contributed by atoms with E-state index in [0.29, 0.717) is 38.1 Å². The van der Waals surface area contributed by atoms with E-state index >= 15 is 0 Å². The normalized spacial score (nSPS) is 11.9. The van der Waals surface area contributed by atoms with Crippen molar-refractivity contribution >= 4 is 46.1 Å². The zero-order chi connectivity index (χ0) is 27.5. The van der Waals surface area contributed by atoms with Gasteiger partial charge in [-0.05, 0) is 65.2 Å². The molecule has 0 saturated heterocycles. The van der Waals surface area contributed by atoms with Crippen LogP contribution in [0.25, 0.3) is 33.5 Å². The molecule has 9 heteroatoms. The van der Waals surface area contributed by atoms with E-state index in [1.807, 2.05) is 30.3 Å². The highest BCUT2D eigenvalue weighted by Gasteiger charge is 2.22. The molecule has 1 unspecified atom stereocenters. The van der Waals surface area contributed by atoms with Gasteiger partial charge in [-0.1, -0.05) is 59.6 Å². The van der Waals surface area contributed by atoms with Crippen LogP contribution in [0, 0.1) is 0 Å². The van der Waals surface area contributed by atoms with Crippen molar-refractivity contribution in [3.63, 3.8) is 0 Å². The lowest BCUT2D eigenvalue weighted by Crippen LogP contribution is -2.31. The number of carboxylic acids is 1. The van der Waals surface area contributed by atoms with E-state index in [9.17, 15) is 14.7 Å². The van der Waals surface area contributed by atoms with Crippen molar-refractivity contribution in [1.29, 1.82) is 0 Å². The van der Waals surface area contributed by atoms with E-state index in [0.717, 1.165) is 11.1 Å². The van der Waals surface area contributed by atoms with Gasteiger partial charge in [0.05, 0.1) is 29.2 Å². The van der Waals surface area contributed by atoms with Crippen LogP contribution in [0.3, 0.4) is 0 Å². The van der Waals surface area contributed by atoms with Gasteiger partial charge < -0.3 is 20.1 Å². The number of carbonyl (C=O) groups is 2. The van der Waals surface area contributed by atoms with Crippen LogP contribution in [-0.4, -0.2) is 40.7 Å². The summed E-state index contributed by atoms with van der Waals surface area (Å²) in [7, 11) is 1.55. The Morgan fingerprint density at radius 3 is 2.38 bits per heavy atom. The SMILES string of the molecule is COCC(NC(=O)c1ccc(-c2cc(Cl)ccc2-c2nc3ccc(Cl)cc3[nH]2)c(C(=O)O)c1)c1ccccc1. The number of rotatable bonds is 8. The Kier molecular flexibility index (Phi) is 7.65. The molecule has 1 atom stereocenters. The first-order valence-electron chi connectivity index (χ1n) is 12.0. The van der Waals surface area contributed by atoms with E-state index in [1.165, 1.54) is 6.07 Å². The van der Waals surface area contributed by atoms with Gasteiger partial charge in [0.1, 0.15) is 5.82 Å². The summed E-state index contributed by atoms with van der Waals surface area (Å²) in [4.78, 5) is 33.5. The fourth-order valence-corrected chi connectivity index (χ4v) is 4.81. The second kappa shape index (κ2) is 11.3. The van der Waals surface area contributed by atoms with Crippen molar-refractivity contribution in [2.45, 2.75) is 6.04 Å². The lowest BCUT2D eigenvalue weighted by atomic mass is 9.93. The summed E-state index contributed by atoms with van der Waals surface area (Å²) >= 11 is 12.5. The average molecular weight is 560 g/mol. The number of fused-ring (bicyclic) bond motifs is 1. The molecule has 0 spiro atoms. The van der Waals surface area contributed by atoms with Crippen LogP contribution >= 0.6 is 23.2 Å². The van der Waals surface area contributed by atoms with E-state index < -0.39 is 17.9 Å². The molecule has 196 valence electrons. The van der Waals surface area contributed by atoms with Crippen molar-refractivity contribution in [2.24, 2.45) is 0 Å². The van der Waals surface area contributed by atoms with E-state index in [4.69, 9.17) is 27.9 Å². The number of amides is 1.